The second-order valence-electron chi connectivity index (χ2n) is 8.91. The molecule has 6 nitrogen and oxygen atoms in total. The van der Waals surface area contributed by atoms with E-state index in [0.29, 0.717) is 0 Å². The van der Waals surface area contributed by atoms with Crippen molar-refractivity contribution in [3.63, 3.8) is 0 Å². The summed E-state index contributed by atoms with van der Waals surface area (Å²) >= 11 is 0. The summed E-state index contributed by atoms with van der Waals surface area (Å²) in [6, 6.07) is 43.0. The molecule has 0 aliphatic heterocycles. The van der Waals surface area contributed by atoms with Gasteiger partial charge in [0.1, 0.15) is 11.6 Å². The summed E-state index contributed by atoms with van der Waals surface area (Å²) in [4.78, 5) is 18.9. The first kappa shape index (κ1) is 42.0. The summed E-state index contributed by atoms with van der Waals surface area (Å²) in [6.07, 6.45) is 0. The van der Waals surface area contributed by atoms with Crippen LogP contribution in [0.15, 0.2) is 121 Å². The molecule has 0 aliphatic rings. The number of hydrogen-bond donors (Lipinski definition) is 0. The van der Waals surface area contributed by atoms with Crippen molar-refractivity contribution in [3.8, 4) is 0 Å². The Hall–Kier alpha value is -2.17. The fourth-order valence-corrected chi connectivity index (χ4v) is 6.52. The molecule has 0 N–H and O–H groups in total. The van der Waals surface area contributed by atoms with Crippen molar-refractivity contribution >= 4 is 48.6 Å². The van der Waals surface area contributed by atoms with Crippen LogP contribution in [-0.4, -0.2) is 24.9 Å². The van der Waals surface area contributed by atoms with Crippen molar-refractivity contribution in [2.75, 3.05) is 13.3 Å². The zero-order valence-electron chi connectivity index (χ0n) is 24.7. The Bertz CT molecular complexity index is 1040. The number of ketones is 2. The predicted octanol–water partition coefficient (Wildman–Crippen LogP) is 1.39. The average molecular weight is 721 g/mol. The third-order valence-electron chi connectivity index (χ3n) is 4.83. The minimum Gasteiger partial charge on any atom is -0.300 e. The molecule has 1 radical (unpaired) electrons. The number of carbonyl (C=O) groups is 2. The SMILES string of the molecule is CC(C)=O.CC(C)=O.C[PH+](c1ccccc1)c1ccccc1.C[PH+](c1ccccc1)c1ccccc1.[O-][Cl+3]([O-])([O-])[O-].[Rh]. The Kier molecular flexibility index (Phi) is 24.3. The zero-order chi connectivity index (χ0) is 31.3. The second kappa shape index (κ2) is 24.3. The minimum atomic E-state index is -4.94. The van der Waals surface area contributed by atoms with Crippen LogP contribution in [0.25, 0.3) is 0 Å². The third-order valence-corrected chi connectivity index (χ3v) is 9.62. The molecule has 0 saturated carbocycles. The van der Waals surface area contributed by atoms with Crippen LogP contribution < -0.4 is 39.9 Å². The molecule has 0 spiro atoms. The van der Waals surface area contributed by atoms with Gasteiger partial charge in [-0.2, -0.15) is 0 Å². The van der Waals surface area contributed by atoms with Gasteiger partial charge >= 0.3 is 0 Å². The molecule has 4 aromatic carbocycles. The van der Waals surface area contributed by atoms with Gasteiger partial charge in [0.15, 0.2) is 0 Å². The molecular formula is C32H40ClO6P2Rh+. The van der Waals surface area contributed by atoms with Crippen LogP contribution in [-0.2, 0) is 29.1 Å². The first-order valence-corrected chi connectivity index (χ1v) is 17.9. The summed E-state index contributed by atoms with van der Waals surface area (Å²) in [5.74, 6) is 0.333. The van der Waals surface area contributed by atoms with E-state index >= 15 is 0 Å². The Morgan fingerprint density at radius 1 is 0.452 bits per heavy atom. The van der Waals surface area contributed by atoms with Crippen molar-refractivity contribution in [1.29, 1.82) is 0 Å². The summed E-state index contributed by atoms with van der Waals surface area (Å²) in [5, 5.41) is 5.90. The van der Waals surface area contributed by atoms with Crippen LogP contribution >= 0.6 is 15.8 Å². The van der Waals surface area contributed by atoms with E-state index in [-0.39, 0.29) is 31.0 Å². The fraction of sp³-hybridized carbons (Fsp3) is 0.188. The van der Waals surface area contributed by atoms with Gasteiger partial charge in [-0.05, 0) is 76.2 Å². The maximum Gasteiger partial charge on any atom is 0.126 e. The maximum absolute atomic E-state index is 9.44. The largest absolute Gasteiger partial charge is 0.300 e. The smallest absolute Gasteiger partial charge is 0.126 e. The number of rotatable bonds is 4. The molecule has 10 heteroatoms. The van der Waals surface area contributed by atoms with E-state index in [2.05, 4.69) is 135 Å². The van der Waals surface area contributed by atoms with E-state index in [1.807, 2.05) is 0 Å². The number of carbonyl (C=O) groups excluding carboxylic acids is 2. The molecule has 229 valence electrons. The summed E-state index contributed by atoms with van der Waals surface area (Å²) in [5.41, 5.74) is 0. The van der Waals surface area contributed by atoms with Crippen LogP contribution in [0, 0.1) is 10.2 Å². The van der Waals surface area contributed by atoms with Crippen LogP contribution in [0.3, 0.4) is 0 Å². The normalized spacial score (nSPS) is 9.62. The molecule has 0 bridgehead atoms. The molecule has 0 unspecified atom stereocenters. The number of Topliss-reactive ketones (excluding diaryl/α,β-unsaturated/α-hetero) is 2. The molecule has 42 heavy (non-hydrogen) atoms. The maximum atomic E-state index is 9.44. The van der Waals surface area contributed by atoms with Gasteiger partial charge in [0.25, 0.3) is 0 Å². The molecule has 0 amide bonds. The van der Waals surface area contributed by atoms with Crippen molar-refractivity contribution < 1.29 is 57.9 Å². The molecule has 0 heterocycles. The van der Waals surface area contributed by atoms with Gasteiger partial charge < -0.3 is 9.59 Å². The molecule has 0 saturated heterocycles. The fourth-order valence-electron chi connectivity index (χ4n) is 3.09. The van der Waals surface area contributed by atoms with Gasteiger partial charge in [-0.3, -0.25) is 0 Å². The first-order valence-electron chi connectivity index (χ1n) is 12.7. The predicted molar refractivity (Wildman–Crippen MR) is 165 cm³/mol. The van der Waals surface area contributed by atoms with Gasteiger partial charge in [-0.1, -0.05) is 72.8 Å². The molecule has 4 rings (SSSR count). The zero-order valence-corrected chi connectivity index (χ0v) is 29.1. The average Bonchev–Trinajstić information content (AvgIpc) is 2.93. The van der Waals surface area contributed by atoms with E-state index in [1.54, 1.807) is 0 Å². The molecule has 0 aromatic heterocycles. The number of benzene rings is 4. The standard InChI is InChI=1S/2C13H13P.2C3H6O.ClHO4.Rh/c2*1-14(12-8-4-2-5-9-12)13-10-6-3-7-11-13;2*1-3(2)4;2-1(3,4)5;/h2*2-11H,1H3;2*1-2H3;(H,2,3,4,5);/p+1. The molecule has 0 fully saturated rings. The van der Waals surface area contributed by atoms with Gasteiger partial charge in [0.2, 0.25) is 0 Å². The third kappa shape index (κ3) is 24.4. The van der Waals surface area contributed by atoms with Crippen molar-refractivity contribution in [2.45, 2.75) is 27.7 Å². The quantitative estimate of drug-likeness (QED) is 0.232. The summed E-state index contributed by atoms with van der Waals surface area (Å²) in [6.45, 7) is 10.8. The van der Waals surface area contributed by atoms with Gasteiger partial charge in [0, 0.05) is 19.5 Å². The molecule has 0 atom stereocenters. The summed E-state index contributed by atoms with van der Waals surface area (Å²) < 4.78 is 34.0. The van der Waals surface area contributed by atoms with E-state index in [4.69, 9.17) is 18.6 Å². The van der Waals surface area contributed by atoms with Gasteiger partial charge in [-0.25, -0.2) is 18.6 Å². The van der Waals surface area contributed by atoms with E-state index in [1.165, 1.54) is 48.9 Å². The van der Waals surface area contributed by atoms with Crippen LogP contribution in [0.5, 0.6) is 0 Å². The first-order chi connectivity index (χ1) is 19.2. The van der Waals surface area contributed by atoms with E-state index in [9.17, 15) is 9.59 Å². The number of halogens is 1. The molecular weight excluding hydrogens is 681 g/mol. The van der Waals surface area contributed by atoms with Gasteiger partial charge in [0.05, 0.1) is 50.4 Å². The Morgan fingerprint density at radius 3 is 0.690 bits per heavy atom. The van der Waals surface area contributed by atoms with Crippen LogP contribution in [0.4, 0.5) is 0 Å². The monoisotopic (exact) mass is 720 g/mol. The topological polar surface area (TPSA) is 126 Å². The van der Waals surface area contributed by atoms with E-state index in [0.717, 1.165) is 0 Å². The van der Waals surface area contributed by atoms with E-state index < -0.39 is 26.1 Å². The molecule has 0 aliphatic carbocycles. The number of hydrogen-bond acceptors (Lipinski definition) is 6. The van der Waals surface area contributed by atoms with Crippen molar-refractivity contribution in [2.24, 2.45) is 0 Å². The molecule has 4 aromatic rings. The van der Waals surface area contributed by atoms with Crippen molar-refractivity contribution in [1.82, 2.24) is 0 Å². The Labute approximate surface area is 267 Å². The minimum absolute atomic E-state index is 0. The van der Waals surface area contributed by atoms with Gasteiger partial charge in [-0.15, -0.1) is 10.2 Å². The summed E-state index contributed by atoms with van der Waals surface area (Å²) in [7, 11) is -6.03. The Balaban J connectivity index is 0. The Morgan fingerprint density at radius 2 is 0.571 bits per heavy atom. The van der Waals surface area contributed by atoms with Crippen LogP contribution in [0.1, 0.15) is 27.7 Å². The van der Waals surface area contributed by atoms with Crippen molar-refractivity contribution in [3.05, 3.63) is 121 Å². The second-order valence-corrected chi connectivity index (χ2v) is 14.5. The van der Waals surface area contributed by atoms with Crippen LogP contribution in [0.2, 0.25) is 0 Å².